The van der Waals surface area contributed by atoms with E-state index in [0.29, 0.717) is 17.1 Å². The molecule has 6 nitrogen and oxygen atoms in total. The van der Waals surface area contributed by atoms with Gasteiger partial charge in [-0.05, 0) is 30.7 Å². The Hall–Kier alpha value is -2.54. The highest BCUT2D eigenvalue weighted by atomic mass is 79.9. The van der Waals surface area contributed by atoms with E-state index in [4.69, 9.17) is 14.2 Å². The Morgan fingerprint density at radius 1 is 1.07 bits per heavy atom. The lowest BCUT2D eigenvalue weighted by atomic mass is 10.1. The minimum absolute atomic E-state index is 0.00269. The number of ether oxygens (including phenoxy) is 3. The number of amides is 1. The van der Waals surface area contributed by atoms with Crippen LogP contribution in [-0.4, -0.2) is 32.7 Å². The van der Waals surface area contributed by atoms with Gasteiger partial charge in [0, 0.05) is 16.1 Å². The Kier molecular flexibility index (Phi) is 7.67. The maximum atomic E-state index is 12.0. The number of carbonyl (C=O) groups is 2. The zero-order chi connectivity index (χ0) is 19.8. The molecule has 1 atom stereocenters. The van der Waals surface area contributed by atoms with Crippen molar-refractivity contribution in [2.75, 3.05) is 20.8 Å². The van der Waals surface area contributed by atoms with Crippen LogP contribution in [-0.2, 0) is 20.7 Å². The normalized spacial score (nSPS) is 11.4. The third kappa shape index (κ3) is 6.29. The lowest BCUT2D eigenvalue weighted by molar-refractivity contribution is -0.148. The minimum Gasteiger partial charge on any atom is -0.497 e. The number of halogens is 1. The fraction of sp³-hybridized carbons (Fsp3) is 0.300. The van der Waals surface area contributed by atoms with Crippen molar-refractivity contribution in [3.63, 3.8) is 0 Å². The molecule has 2 rings (SSSR count). The van der Waals surface area contributed by atoms with Crippen LogP contribution in [0.1, 0.15) is 24.1 Å². The topological polar surface area (TPSA) is 73.9 Å². The summed E-state index contributed by atoms with van der Waals surface area (Å²) in [7, 11) is 3.07. The first-order chi connectivity index (χ1) is 12.9. The Balaban J connectivity index is 1.84. The van der Waals surface area contributed by atoms with Crippen LogP contribution in [0.25, 0.3) is 0 Å². The average molecular weight is 436 g/mol. The summed E-state index contributed by atoms with van der Waals surface area (Å²) >= 11 is 3.37. The Bertz CT molecular complexity index is 791. The van der Waals surface area contributed by atoms with Gasteiger partial charge in [0.1, 0.15) is 11.5 Å². The van der Waals surface area contributed by atoms with Crippen molar-refractivity contribution in [1.82, 2.24) is 5.32 Å². The van der Waals surface area contributed by atoms with Crippen molar-refractivity contribution < 1.29 is 23.8 Å². The van der Waals surface area contributed by atoms with E-state index in [2.05, 4.69) is 21.2 Å². The van der Waals surface area contributed by atoms with E-state index in [1.165, 1.54) is 7.11 Å². The first-order valence-corrected chi connectivity index (χ1v) is 9.13. The number of carbonyl (C=O) groups excluding carboxylic acids is 2. The molecule has 0 aromatic heterocycles. The van der Waals surface area contributed by atoms with E-state index >= 15 is 0 Å². The summed E-state index contributed by atoms with van der Waals surface area (Å²) < 4.78 is 16.4. The van der Waals surface area contributed by atoms with Crippen LogP contribution in [0.3, 0.4) is 0 Å². The molecule has 0 aliphatic carbocycles. The Labute approximate surface area is 166 Å². The van der Waals surface area contributed by atoms with Gasteiger partial charge in [-0.15, -0.1) is 0 Å². The molecule has 27 heavy (non-hydrogen) atoms. The summed E-state index contributed by atoms with van der Waals surface area (Å²) in [5.74, 6) is 0.287. The molecule has 0 aliphatic heterocycles. The molecule has 1 N–H and O–H groups in total. The molecule has 144 valence electrons. The van der Waals surface area contributed by atoms with E-state index in [9.17, 15) is 9.59 Å². The summed E-state index contributed by atoms with van der Waals surface area (Å²) in [4.78, 5) is 24.1. The van der Waals surface area contributed by atoms with Gasteiger partial charge < -0.3 is 19.5 Å². The molecule has 7 heteroatoms. The van der Waals surface area contributed by atoms with Crippen molar-refractivity contribution in [3.05, 3.63) is 58.1 Å². The molecular weight excluding hydrogens is 414 g/mol. The number of esters is 1. The molecular formula is C20H22BrNO5. The van der Waals surface area contributed by atoms with E-state index in [1.807, 2.05) is 31.2 Å². The number of hydrogen-bond acceptors (Lipinski definition) is 5. The largest absolute Gasteiger partial charge is 0.497 e. The molecule has 1 unspecified atom stereocenters. The van der Waals surface area contributed by atoms with Crippen molar-refractivity contribution in [1.29, 1.82) is 0 Å². The lowest BCUT2D eigenvalue weighted by Crippen LogP contribution is -2.31. The second kappa shape index (κ2) is 9.97. The smallest absolute Gasteiger partial charge is 0.310 e. The van der Waals surface area contributed by atoms with Gasteiger partial charge in [0.05, 0.1) is 26.7 Å². The maximum Gasteiger partial charge on any atom is 0.310 e. The Morgan fingerprint density at radius 3 is 2.41 bits per heavy atom. The van der Waals surface area contributed by atoms with Crippen LogP contribution in [0.5, 0.6) is 11.5 Å². The number of benzene rings is 2. The molecule has 0 aliphatic rings. The van der Waals surface area contributed by atoms with Crippen LogP contribution >= 0.6 is 15.9 Å². The number of hydrogen-bond donors (Lipinski definition) is 1. The molecule has 1 amide bonds. The fourth-order valence-corrected chi connectivity index (χ4v) is 2.73. The average Bonchev–Trinajstić information content (AvgIpc) is 2.67. The molecule has 0 fully saturated rings. The van der Waals surface area contributed by atoms with Gasteiger partial charge in [-0.1, -0.05) is 34.1 Å². The highest BCUT2D eigenvalue weighted by Crippen LogP contribution is 2.25. The van der Waals surface area contributed by atoms with E-state index in [1.54, 1.807) is 25.3 Å². The number of rotatable bonds is 8. The third-order valence-corrected chi connectivity index (χ3v) is 4.47. The summed E-state index contributed by atoms with van der Waals surface area (Å²) in [5, 5.41) is 2.80. The second-order valence-electron chi connectivity index (χ2n) is 5.86. The van der Waals surface area contributed by atoms with Crippen molar-refractivity contribution in [2.24, 2.45) is 0 Å². The van der Waals surface area contributed by atoms with Crippen molar-refractivity contribution in [2.45, 2.75) is 19.4 Å². The minimum atomic E-state index is -0.509. The molecule has 0 bridgehead atoms. The second-order valence-corrected chi connectivity index (χ2v) is 6.77. The first kappa shape index (κ1) is 20.8. The number of methoxy groups -OCH3 is 2. The standard InChI is InChI=1S/C20H22BrNO5/c1-13(14-4-7-16(21)8-5-14)22-19(23)12-27-20(24)10-15-6-9-17(25-2)11-18(15)26-3/h4-9,11,13H,10,12H2,1-3H3,(H,22,23). The zero-order valence-corrected chi connectivity index (χ0v) is 17.0. The molecule has 0 spiro atoms. The SMILES string of the molecule is COc1ccc(CC(=O)OCC(=O)NC(C)c2ccc(Br)cc2)c(OC)c1. The van der Waals surface area contributed by atoms with Crippen molar-refractivity contribution in [3.8, 4) is 11.5 Å². The van der Waals surface area contributed by atoms with Gasteiger partial charge in [0.15, 0.2) is 6.61 Å². The van der Waals surface area contributed by atoms with E-state index in [0.717, 1.165) is 10.0 Å². The molecule has 2 aromatic rings. The molecule has 0 heterocycles. The summed E-state index contributed by atoms with van der Waals surface area (Å²) in [6, 6.07) is 12.6. The Morgan fingerprint density at radius 2 is 1.78 bits per heavy atom. The highest BCUT2D eigenvalue weighted by Gasteiger charge is 2.14. The lowest BCUT2D eigenvalue weighted by Gasteiger charge is -2.15. The third-order valence-electron chi connectivity index (χ3n) is 3.94. The predicted octanol–water partition coefficient (Wildman–Crippen LogP) is 3.43. The van der Waals surface area contributed by atoms with Crippen LogP contribution in [0.2, 0.25) is 0 Å². The number of nitrogens with one attached hydrogen (secondary N) is 1. The van der Waals surface area contributed by atoms with Crippen LogP contribution < -0.4 is 14.8 Å². The maximum absolute atomic E-state index is 12.0. The molecule has 0 saturated carbocycles. The van der Waals surface area contributed by atoms with Gasteiger partial charge in [0.2, 0.25) is 0 Å². The zero-order valence-electron chi connectivity index (χ0n) is 15.5. The van der Waals surface area contributed by atoms with Gasteiger partial charge in [-0.25, -0.2) is 0 Å². The summed E-state index contributed by atoms with van der Waals surface area (Å²) in [6.45, 7) is 1.53. The highest BCUT2D eigenvalue weighted by molar-refractivity contribution is 9.10. The van der Waals surface area contributed by atoms with E-state index < -0.39 is 5.97 Å². The summed E-state index contributed by atoms with van der Waals surface area (Å²) in [5.41, 5.74) is 1.62. The summed E-state index contributed by atoms with van der Waals surface area (Å²) in [6.07, 6.45) is 0.00269. The van der Waals surface area contributed by atoms with Gasteiger partial charge >= 0.3 is 5.97 Å². The van der Waals surface area contributed by atoms with Crippen LogP contribution in [0.15, 0.2) is 46.9 Å². The molecule has 2 aromatic carbocycles. The molecule has 0 radical (unpaired) electrons. The first-order valence-electron chi connectivity index (χ1n) is 8.34. The quantitative estimate of drug-likeness (QED) is 0.642. The van der Waals surface area contributed by atoms with E-state index in [-0.39, 0.29) is 25.0 Å². The monoisotopic (exact) mass is 435 g/mol. The van der Waals surface area contributed by atoms with Gasteiger partial charge in [0.25, 0.3) is 5.91 Å². The predicted molar refractivity (Wildman–Crippen MR) is 105 cm³/mol. The van der Waals surface area contributed by atoms with Crippen LogP contribution in [0, 0.1) is 0 Å². The fourth-order valence-electron chi connectivity index (χ4n) is 2.47. The van der Waals surface area contributed by atoms with Gasteiger partial charge in [-0.3, -0.25) is 9.59 Å². The van der Waals surface area contributed by atoms with Gasteiger partial charge in [-0.2, -0.15) is 0 Å². The molecule has 0 saturated heterocycles. The van der Waals surface area contributed by atoms with Crippen molar-refractivity contribution >= 4 is 27.8 Å². The van der Waals surface area contributed by atoms with Crippen LogP contribution in [0.4, 0.5) is 0 Å².